The standard InChI is InChI=1S/C14H19NO2.C11H18O.H2/c1-10(2)11-7-6-8-12(9-11)14(3,4)15-13(16)17-5;1-6-3-4-7(2)10-8(6)5-9-11(10)12-9;/h6-9H,1H2,2-5H3,(H,15,16);6-11H,3-5H2,1-2H3;1H. The maximum atomic E-state index is 11.3. The van der Waals surface area contributed by atoms with Crippen LogP contribution < -0.4 is 5.32 Å². The number of hydrogen-bond donors (Lipinski definition) is 1. The molecule has 1 saturated heterocycles. The summed E-state index contributed by atoms with van der Waals surface area (Å²) in [5, 5.41) is 2.80. The molecule has 6 unspecified atom stereocenters. The molecule has 3 fully saturated rings. The predicted molar refractivity (Wildman–Crippen MR) is 120 cm³/mol. The summed E-state index contributed by atoms with van der Waals surface area (Å²) in [4.78, 5) is 11.3. The number of rotatable bonds is 3. The number of carbonyl (C=O) groups excluding carboxylic acids is 1. The van der Waals surface area contributed by atoms with Gasteiger partial charge in [-0.2, -0.15) is 0 Å². The zero-order chi connectivity index (χ0) is 21.3. The Morgan fingerprint density at radius 3 is 2.59 bits per heavy atom. The van der Waals surface area contributed by atoms with Crippen molar-refractivity contribution in [1.82, 2.24) is 5.32 Å². The largest absolute Gasteiger partial charge is 0.453 e. The Bertz CT molecular complexity index is 763. The molecule has 0 bridgehead atoms. The molecule has 162 valence electrons. The molecular weight excluding hydrogens is 362 g/mol. The number of amides is 1. The highest BCUT2D eigenvalue weighted by atomic mass is 16.6. The zero-order valence-corrected chi connectivity index (χ0v) is 18.8. The van der Waals surface area contributed by atoms with E-state index in [4.69, 9.17) is 4.74 Å². The van der Waals surface area contributed by atoms with Crippen molar-refractivity contribution in [1.29, 1.82) is 0 Å². The SMILES string of the molecule is C=C(C)c1cccc(C(C)(C)NC(=O)OC)c1.CC1CCC(C)C2C1CC1OC12.[HH]. The van der Waals surface area contributed by atoms with Gasteiger partial charge >= 0.3 is 6.09 Å². The van der Waals surface area contributed by atoms with E-state index in [1.54, 1.807) is 0 Å². The highest BCUT2D eigenvalue weighted by Crippen LogP contribution is 2.56. The summed E-state index contributed by atoms with van der Waals surface area (Å²) < 4.78 is 10.3. The number of benzene rings is 1. The van der Waals surface area contributed by atoms with Crippen LogP contribution in [0.1, 0.15) is 66.4 Å². The van der Waals surface area contributed by atoms with Crippen molar-refractivity contribution >= 4 is 11.7 Å². The van der Waals surface area contributed by atoms with Gasteiger partial charge in [0.1, 0.15) is 0 Å². The lowest BCUT2D eigenvalue weighted by molar-refractivity contribution is 0.0704. The highest BCUT2D eigenvalue weighted by molar-refractivity contribution is 5.69. The van der Waals surface area contributed by atoms with E-state index in [-0.39, 0.29) is 1.43 Å². The number of methoxy groups -OCH3 is 1. The zero-order valence-electron chi connectivity index (χ0n) is 18.8. The van der Waals surface area contributed by atoms with Crippen LogP contribution in [-0.2, 0) is 15.0 Å². The van der Waals surface area contributed by atoms with Crippen LogP contribution >= 0.6 is 0 Å². The molecule has 29 heavy (non-hydrogen) atoms. The second-order valence-corrected chi connectivity index (χ2v) is 9.75. The summed E-state index contributed by atoms with van der Waals surface area (Å²) in [5.74, 6) is 3.85. The average molecular weight is 402 g/mol. The van der Waals surface area contributed by atoms with Crippen molar-refractivity contribution in [2.24, 2.45) is 23.7 Å². The Kier molecular flexibility index (Phi) is 6.42. The Morgan fingerprint density at radius 2 is 1.97 bits per heavy atom. The van der Waals surface area contributed by atoms with Crippen LogP contribution in [0.4, 0.5) is 4.79 Å². The lowest BCUT2D eigenvalue weighted by atomic mass is 9.69. The van der Waals surface area contributed by atoms with Crippen LogP contribution in [0.2, 0.25) is 0 Å². The van der Waals surface area contributed by atoms with Gasteiger partial charge < -0.3 is 14.8 Å². The van der Waals surface area contributed by atoms with E-state index in [1.165, 1.54) is 26.4 Å². The fourth-order valence-electron chi connectivity index (χ4n) is 5.20. The first kappa shape index (κ1) is 21.9. The van der Waals surface area contributed by atoms with Crippen LogP contribution in [-0.4, -0.2) is 25.4 Å². The van der Waals surface area contributed by atoms with Crippen LogP contribution in [0.5, 0.6) is 0 Å². The molecule has 4 nitrogen and oxygen atoms in total. The minimum Gasteiger partial charge on any atom is -0.453 e. The van der Waals surface area contributed by atoms with Crippen LogP contribution in [0.3, 0.4) is 0 Å². The van der Waals surface area contributed by atoms with Crippen LogP contribution in [0.15, 0.2) is 30.8 Å². The average Bonchev–Trinajstić information content (AvgIpc) is 3.34. The number of epoxide rings is 1. The van der Waals surface area contributed by atoms with Gasteiger partial charge in [-0.1, -0.05) is 57.0 Å². The molecule has 1 aliphatic heterocycles. The topological polar surface area (TPSA) is 50.9 Å². The van der Waals surface area contributed by atoms with Crippen LogP contribution in [0, 0.1) is 23.7 Å². The number of nitrogens with one attached hydrogen (secondary N) is 1. The maximum absolute atomic E-state index is 11.3. The van der Waals surface area contributed by atoms with E-state index in [2.05, 4.69) is 30.5 Å². The molecule has 1 aromatic carbocycles. The molecule has 1 N–H and O–H groups in total. The number of carbonyl (C=O) groups is 1. The van der Waals surface area contributed by atoms with Gasteiger partial charge in [0.05, 0.1) is 24.9 Å². The smallest absolute Gasteiger partial charge is 0.407 e. The summed E-state index contributed by atoms with van der Waals surface area (Å²) in [6, 6.07) is 7.96. The fourth-order valence-corrected chi connectivity index (χ4v) is 5.20. The molecule has 4 heteroatoms. The van der Waals surface area contributed by atoms with E-state index in [1.807, 2.05) is 45.0 Å². The molecule has 0 spiro atoms. The highest BCUT2D eigenvalue weighted by Gasteiger charge is 2.58. The lowest BCUT2D eigenvalue weighted by Crippen LogP contribution is -2.40. The van der Waals surface area contributed by atoms with Crippen molar-refractivity contribution in [3.05, 3.63) is 42.0 Å². The second kappa shape index (κ2) is 8.51. The van der Waals surface area contributed by atoms with Gasteiger partial charge in [-0.3, -0.25) is 0 Å². The number of hydrogen-bond acceptors (Lipinski definition) is 3. The molecule has 3 aliphatic rings. The van der Waals surface area contributed by atoms with Crippen molar-refractivity contribution in [2.75, 3.05) is 7.11 Å². The van der Waals surface area contributed by atoms with Gasteiger partial charge in [-0.05, 0) is 68.1 Å². The monoisotopic (exact) mass is 401 g/mol. The predicted octanol–water partition coefficient (Wildman–Crippen LogP) is 6.01. The second-order valence-electron chi connectivity index (χ2n) is 9.75. The van der Waals surface area contributed by atoms with Gasteiger partial charge in [-0.15, -0.1) is 0 Å². The van der Waals surface area contributed by atoms with Gasteiger partial charge in [0, 0.05) is 1.43 Å². The Labute approximate surface area is 177 Å². The molecular formula is C25H39NO3. The summed E-state index contributed by atoms with van der Waals surface area (Å²) in [5.41, 5.74) is 2.62. The first-order chi connectivity index (χ1) is 13.6. The summed E-state index contributed by atoms with van der Waals surface area (Å²) >= 11 is 0. The number of alkyl carbamates (subject to hydrolysis) is 1. The van der Waals surface area contributed by atoms with Crippen molar-refractivity contribution in [3.8, 4) is 0 Å². The first-order valence-electron chi connectivity index (χ1n) is 10.9. The van der Waals surface area contributed by atoms with Gasteiger partial charge in [0.2, 0.25) is 0 Å². The van der Waals surface area contributed by atoms with E-state index in [0.717, 1.165) is 40.4 Å². The Balaban J connectivity index is 0.000000215. The van der Waals surface area contributed by atoms with E-state index >= 15 is 0 Å². The summed E-state index contributed by atoms with van der Waals surface area (Å²) in [6.07, 6.45) is 5.21. The van der Waals surface area contributed by atoms with Crippen molar-refractivity contribution < 1.29 is 15.7 Å². The molecule has 0 aromatic heterocycles. The van der Waals surface area contributed by atoms with E-state index < -0.39 is 11.6 Å². The third kappa shape index (κ3) is 4.85. The Hall–Kier alpha value is -1.81. The summed E-state index contributed by atoms with van der Waals surface area (Å²) in [6.45, 7) is 14.6. The fraction of sp³-hybridized carbons (Fsp3) is 0.640. The third-order valence-corrected chi connectivity index (χ3v) is 7.14. The molecule has 1 amide bonds. The van der Waals surface area contributed by atoms with Gasteiger partial charge in [0.25, 0.3) is 0 Å². The molecule has 2 aliphatic carbocycles. The normalized spacial score (nSPS) is 32.2. The number of fused-ring (bicyclic) bond motifs is 3. The molecule has 4 rings (SSSR count). The number of ether oxygens (including phenoxy) is 2. The minimum absolute atomic E-state index is 0. The molecule has 1 heterocycles. The molecule has 1 aromatic rings. The van der Waals surface area contributed by atoms with Gasteiger partial charge in [0.15, 0.2) is 0 Å². The van der Waals surface area contributed by atoms with Crippen molar-refractivity contribution in [2.45, 2.75) is 71.6 Å². The molecule has 2 saturated carbocycles. The molecule has 6 atom stereocenters. The van der Waals surface area contributed by atoms with Crippen LogP contribution in [0.25, 0.3) is 5.57 Å². The first-order valence-corrected chi connectivity index (χ1v) is 10.9. The lowest BCUT2D eigenvalue weighted by Gasteiger charge is -2.37. The number of allylic oxidation sites excluding steroid dienone is 1. The summed E-state index contributed by atoms with van der Waals surface area (Å²) in [7, 11) is 1.36. The Morgan fingerprint density at radius 1 is 1.28 bits per heavy atom. The third-order valence-electron chi connectivity index (χ3n) is 7.14. The quantitative estimate of drug-likeness (QED) is 0.631. The minimum atomic E-state index is -0.474. The van der Waals surface area contributed by atoms with E-state index in [9.17, 15) is 4.79 Å². The maximum Gasteiger partial charge on any atom is 0.407 e. The molecule has 0 radical (unpaired) electrons. The van der Waals surface area contributed by atoms with E-state index in [0.29, 0.717) is 12.2 Å². The van der Waals surface area contributed by atoms with Gasteiger partial charge in [-0.25, -0.2) is 4.79 Å². The van der Waals surface area contributed by atoms with Crippen molar-refractivity contribution in [3.63, 3.8) is 0 Å².